The number of rotatable bonds is 3. The van der Waals surface area contributed by atoms with Crippen LogP contribution in [0.2, 0.25) is 0 Å². The fraction of sp³-hybridized carbons (Fsp3) is 0.250. The van der Waals surface area contributed by atoms with Gasteiger partial charge in [-0.05, 0) is 19.1 Å². The topological polar surface area (TPSA) is 39.2 Å². The van der Waals surface area contributed by atoms with Crippen molar-refractivity contribution >= 4 is 6.29 Å². The van der Waals surface area contributed by atoms with Gasteiger partial charge in [0.1, 0.15) is 5.75 Å². The zero-order valence-corrected chi connectivity index (χ0v) is 6.83. The number of alkyl halides is 2. The Hall–Kier alpha value is -1.52. The maximum atomic E-state index is 12.3. The Morgan fingerprint density at radius 2 is 2.23 bits per heavy atom. The minimum Gasteiger partial charge on any atom is -0.425 e. The Morgan fingerprint density at radius 3 is 2.69 bits per heavy atom. The van der Waals surface area contributed by atoms with Gasteiger partial charge in [0.05, 0.1) is 6.20 Å². The maximum absolute atomic E-state index is 12.3. The Morgan fingerprint density at radius 1 is 1.54 bits per heavy atom. The summed E-state index contributed by atoms with van der Waals surface area (Å²) in [6.07, 6.45) is -3.21. The van der Waals surface area contributed by atoms with Gasteiger partial charge in [0.25, 0.3) is 0 Å². The van der Waals surface area contributed by atoms with Gasteiger partial charge >= 0.3 is 6.11 Å². The molecule has 70 valence electrons. The molecule has 1 heterocycles. The molecule has 0 aliphatic carbocycles. The van der Waals surface area contributed by atoms with E-state index in [1.807, 2.05) is 0 Å². The van der Waals surface area contributed by atoms with Crippen molar-refractivity contribution in [3.63, 3.8) is 0 Å². The third-order valence-electron chi connectivity index (χ3n) is 1.28. The minimum absolute atomic E-state index is 0.136. The Kier molecular flexibility index (Phi) is 2.55. The van der Waals surface area contributed by atoms with E-state index in [0.29, 0.717) is 5.69 Å². The summed E-state index contributed by atoms with van der Waals surface area (Å²) in [6.45, 7) is 1.71. The normalized spacial score (nSPS) is 11.0. The second-order valence-electron chi connectivity index (χ2n) is 2.42. The molecule has 0 N–H and O–H groups in total. The summed E-state index contributed by atoms with van der Waals surface area (Å²) < 4.78 is 28.7. The Balaban J connectivity index is 2.75. The van der Waals surface area contributed by atoms with Crippen LogP contribution >= 0.6 is 0 Å². The number of aryl methyl sites for hydroxylation is 1. The molecule has 0 atom stereocenters. The predicted octanol–water partition coefficient (Wildman–Crippen LogP) is 1.56. The molecule has 0 saturated carbocycles. The van der Waals surface area contributed by atoms with Crippen LogP contribution < -0.4 is 4.74 Å². The second-order valence-corrected chi connectivity index (χ2v) is 2.42. The zero-order valence-electron chi connectivity index (χ0n) is 6.83. The van der Waals surface area contributed by atoms with Gasteiger partial charge in [-0.3, -0.25) is 9.78 Å². The molecule has 0 radical (unpaired) electrons. The summed E-state index contributed by atoms with van der Waals surface area (Å²) >= 11 is 0. The van der Waals surface area contributed by atoms with E-state index in [9.17, 15) is 13.6 Å². The molecular formula is C8H7F2NO2. The van der Waals surface area contributed by atoms with E-state index in [4.69, 9.17) is 0 Å². The molecule has 0 aliphatic rings. The van der Waals surface area contributed by atoms with E-state index >= 15 is 0 Å². The van der Waals surface area contributed by atoms with Crippen molar-refractivity contribution in [1.29, 1.82) is 0 Å². The highest BCUT2D eigenvalue weighted by atomic mass is 19.3. The fourth-order valence-electron chi connectivity index (χ4n) is 0.696. The van der Waals surface area contributed by atoms with Gasteiger partial charge in [-0.25, -0.2) is 0 Å². The first-order valence-electron chi connectivity index (χ1n) is 3.49. The highest BCUT2D eigenvalue weighted by molar-refractivity contribution is 5.57. The van der Waals surface area contributed by atoms with Gasteiger partial charge in [-0.2, -0.15) is 8.78 Å². The third kappa shape index (κ3) is 2.77. The van der Waals surface area contributed by atoms with Gasteiger partial charge in [0.2, 0.25) is 6.29 Å². The van der Waals surface area contributed by atoms with E-state index in [-0.39, 0.29) is 5.75 Å². The summed E-state index contributed by atoms with van der Waals surface area (Å²) in [5.74, 6) is -0.136. The molecule has 0 spiro atoms. The molecule has 0 aliphatic heterocycles. The number of ether oxygens (including phenoxy) is 1. The van der Waals surface area contributed by atoms with Crippen molar-refractivity contribution < 1.29 is 18.3 Å². The van der Waals surface area contributed by atoms with Gasteiger partial charge < -0.3 is 4.74 Å². The van der Waals surface area contributed by atoms with Crippen LogP contribution in [0.25, 0.3) is 0 Å². The lowest BCUT2D eigenvalue weighted by Crippen LogP contribution is -2.26. The maximum Gasteiger partial charge on any atom is 0.458 e. The van der Waals surface area contributed by atoms with Gasteiger partial charge in [-0.1, -0.05) is 0 Å². The van der Waals surface area contributed by atoms with Crippen LogP contribution in [0.3, 0.4) is 0 Å². The van der Waals surface area contributed by atoms with Crippen molar-refractivity contribution in [3.8, 4) is 5.75 Å². The van der Waals surface area contributed by atoms with E-state index in [1.165, 1.54) is 12.1 Å². The van der Waals surface area contributed by atoms with Crippen molar-refractivity contribution in [2.75, 3.05) is 0 Å². The van der Waals surface area contributed by atoms with E-state index in [1.54, 1.807) is 6.92 Å². The average molecular weight is 187 g/mol. The fourth-order valence-corrected chi connectivity index (χ4v) is 0.696. The number of pyridine rings is 1. The molecule has 0 fully saturated rings. The zero-order chi connectivity index (χ0) is 9.90. The van der Waals surface area contributed by atoms with Crippen molar-refractivity contribution in [3.05, 3.63) is 24.0 Å². The first-order valence-corrected chi connectivity index (χ1v) is 3.49. The van der Waals surface area contributed by atoms with Crippen LogP contribution in [0, 0.1) is 6.92 Å². The number of carbonyl (C=O) groups is 1. The molecule has 3 nitrogen and oxygen atoms in total. The highest BCUT2D eigenvalue weighted by Crippen LogP contribution is 2.18. The molecule has 0 saturated heterocycles. The van der Waals surface area contributed by atoms with E-state index < -0.39 is 12.4 Å². The standard InChI is InChI=1S/C8H7F2NO2/c1-6-2-3-7(4-11-6)13-8(9,10)5-12/h2-5H,1H3. The van der Waals surface area contributed by atoms with Gasteiger partial charge in [-0.15, -0.1) is 0 Å². The molecule has 0 unspecified atom stereocenters. The van der Waals surface area contributed by atoms with E-state index in [0.717, 1.165) is 6.20 Å². The van der Waals surface area contributed by atoms with Crippen molar-refractivity contribution in [2.24, 2.45) is 0 Å². The second kappa shape index (κ2) is 3.47. The van der Waals surface area contributed by atoms with Gasteiger partial charge in [0.15, 0.2) is 0 Å². The Labute approximate surface area is 73.4 Å². The summed E-state index contributed by atoms with van der Waals surface area (Å²) in [5.41, 5.74) is 0.682. The molecule has 13 heavy (non-hydrogen) atoms. The number of carbonyl (C=O) groups excluding carboxylic acids is 1. The predicted molar refractivity (Wildman–Crippen MR) is 40.6 cm³/mol. The van der Waals surface area contributed by atoms with Crippen LogP contribution in [0.1, 0.15) is 5.69 Å². The number of halogens is 2. The van der Waals surface area contributed by atoms with Crippen LogP contribution in [-0.2, 0) is 4.79 Å². The minimum atomic E-state index is -3.78. The van der Waals surface area contributed by atoms with Crippen LogP contribution in [0.5, 0.6) is 5.75 Å². The number of nitrogens with zero attached hydrogens (tertiary/aromatic N) is 1. The Bertz CT molecular complexity index is 298. The smallest absolute Gasteiger partial charge is 0.425 e. The largest absolute Gasteiger partial charge is 0.458 e. The number of aldehydes is 1. The SMILES string of the molecule is Cc1ccc(OC(F)(F)C=O)cn1. The molecule has 0 aromatic carbocycles. The van der Waals surface area contributed by atoms with Crippen LogP contribution in [0.15, 0.2) is 18.3 Å². The lowest BCUT2D eigenvalue weighted by molar-refractivity contribution is -0.176. The number of aromatic nitrogens is 1. The lowest BCUT2D eigenvalue weighted by Gasteiger charge is -2.10. The molecule has 1 aromatic heterocycles. The lowest BCUT2D eigenvalue weighted by atomic mass is 10.4. The quantitative estimate of drug-likeness (QED) is 0.674. The van der Waals surface area contributed by atoms with E-state index in [2.05, 4.69) is 9.72 Å². The number of hydrogen-bond donors (Lipinski definition) is 0. The number of hydrogen-bond acceptors (Lipinski definition) is 3. The van der Waals surface area contributed by atoms with Crippen molar-refractivity contribution in [1.82, 2.24) is 4.98 Å². The van der Waals surface area contributed by atoms with Crippen LogP contribution in [-0.4, -0.2) is 17.4 Å². The monoisotopic (exact) mass is 187 g/mol. The highest BCUT2D eigenvalue weighted by Gasteiger charge is 2.30. The first-order chi connectivity index (χ1) is 6.03. The summed E-state index contributed by atoms with van der Waals surface area (Å²) in [6, 6.07) is 2.83. The van der Waals surface area contributed by atoms with Crippen molar-refractivity contribution in [2.45, 2.75) is 13.0 Å². The summed E-state index contributed by atoms with van der Waals surface area (Å²) in [5, 5.41) is 0. The molecule has 1 rings (SSSR count). The average Bonchev–Trinajstić information content (AvgIpc) is 2.09. The molecular weight excluding hydrogens is 180 g/mol. The first kappa shape index (κ1) is 9.57. The van der Waals surface area contributed by atoms with Crippen LogP contribution in [0.4, 0.5) is 8.78 Å². The molecule has 5 heteroatoms. The summed E-state index contributed by atoms with van der Waals surface area (Å²) in [4.78, 5) is 13.5. The molecule has 0 bridgehead atoms. The molecule has 1 aromatic rings. The van der Waals surface area contributed by atoms with Gasteiger partial charge in [0, 0.05) is 5.69 Å². The molecule has 0 amide bonds. The third-order valence-corrected chi connectivity index (χ3v) is 1.28. The summed E-state index contributed by atoms with van der Waals surface area (Å²) in [7, 11) is 0.